The van der Waals surface area contributed by atoms with Gasteiger partial charge in [-0.05, 0) is 55.8 Å². The predicted molar refractivity (Wildman–Crippen MR) is 98.0 cm³/mol. The van der Waals surface area contributed by atoms with Crippen molar-refractivity contribution in [3.63, 3.8) is 0 Å². The van der Waals surface area contributed by atoms with Gasteiger partial charge in [-0.2, -0.15) is 0 Å². The molecule has 1 amide bonds. The van der Waals surface area contributed by atoms with Crippen LogP contribution in [0.3, 0.4) is 0 Å². The first-order valence-electron chi connectivity index (χ1n) is 8.28. The summed E-state index contributed by atoms with van der Waals surface area (Å²) < 4.78 is 5.22. The third-order valence-electron chi connectivity index (χ3n) is 3.92. The highest BCUT2D eigenvalue weighted by molar-refractivity contribution is 5.93. The molecule has 0 aliphatic heterocycles. The summed E-state index contributed by atoms with van der Waals surface area (Å²) in [6.45, 7) is 5.28. The summed E-state index contributed by atoms with van der Waals surface area (Å²) >= 11 is 0. The van der Waals surface area contributed by atoms with Crippen LogP contribution in [0.25, 0.3) is 0 Å². The van der Waals surface area contributed by atoms with Gasteiger partial charge in [-0.15, -0.1) is 0 Å². The summed E-state index contributed by atoms with van der Waals surface area (Å²) in [5.74, 6) is 0.484. The molecule has 0 saturated heterocycles. The van der Waals surface area contributed by atoms with Crippen molar-refractivity contribution >= 4 is 17.3 Å². The minimum Gasteiger partial charge on any atom is -0.467 e. The fourth-order valence-electron chi connectivity index (χ4n) is 2.69. The lowest BCUT2D eigenvalue weighted by atomic mass is 10.2. The molecule has 0 atom stereocenters. The van der Waals surface area contributed by atoms with Crippen molar-refractivity contribution in [1.29, 1.82) is 0 Å². The lowest BCUT2D eigenvalue weighted by Gasteiger charge is -2.24. The van der Waals surface area contributed by atoms with Crippen molar-refractivity contribution in [2.45, 2.75) is 20.4 Å². The summed E-state index contributed by atoms with van der Waals surface area (Å²) in [7, 11) is 0. The van der Waals surface area contributed by atoms with Gasteiger partial charge in [0, 0.05) is 24.1 Å². The lowest BCUT2D eigenvalue weighted by Crippen LogP contribution is -2.24. The van der Waals surface area contributed by atoms with Gasteiger partial charge in [0.15, 0.2) is 0 Å². The van der Waals surface area contributed by atoms with Crippen LogP contribution < -0.4 is 10.2 Å². The van der Waals surface area contributed by atoms with Gasteiger partial charge in [0.05, 0.1) is 12.8 Å². The molecule has 5 heteroatoms. The van der Waals surface area contributed by atoms with E-state index in [0.29, 0.717) is 18.0 Å². The Balaban J connectivity index is 1.78. The van der Waals surface area contributed by atoms with E-state index in [2.05, 4.69) is 47.2 Å². The number of hydrogen-bond donors (Lipinski definition) is 1. The molecule has 3 rings (SSSR count). The lowest BCUT2D eigenvalue weighted by molar-refractivity contribution is 0.0943. The van der Waals surface area contributed by atoms with Crippen LogP contribution in [0.2, 0.25) is 0 Å². The Morgan fingerprint density at radius 2 is 2.00 bits per heavy atom. The Bertz CT molecular complexity index is 844. The van der Waals surface area contributed by atoms with Crippen molar-refractivity contribution in [3.05, 3.63) is 78.0 Å². The topological polar surface area (TPSA) is 58.4 Å². The maximum absolute atomic E-state index is 12.4. The number of rotatable bonds is 6. The van der Waals surface area contributed by atoms with E-state index in [1.807, 2.05) is 24.3 Å². The number of nitrogens with zero attached hydrogens (tertiary/aromatic N) is 2. The largest absolute Gasteiger partial charge is 0.467 e. The highest BCUT2D eigenvalue weighted by atomic mass is 16.3. The van der Waals surface area contributed by atoms with Crippen LogP contribution in [-0.2, 0) is 6.54 Å². The quantitative estimate of drug-likeness (QED) is 0.738. The second-order valence-electron chi connectivity index (χ2n) is 5.74. The second kappa shape index (κ2) is 7.66. The van der Waals surface area contributed by atoms with Crippen molar-refractivity contribution in [3.8, 4) is 0 Å². The molecule has 0 radical (unpaired) electrons. The Kier molecular flexibility index (Phi) is 5.14. The van der Waals surface area contributed by atoms with Crippen LogP contribution in [0.4, 0.5) is 11.4 Å². The first-order valence-corrected chi connectivity index (χ1v) is 8.28. The molecule has 0 unspecified atom stereocenters. The number of furan rings is 1. The summed E-state index contributed by atoms with van der Waals surface area (Å²) in [4.78, 5) is 18.7. The zero-order chi connectivity index (χ0) is 17.6. The van der Waals surface area contributed by atoms with Gasteiger partial charge in [0.25, 0.3) is 5.91 Å². The maximum atomic E-state index is 12.4. The van der Waals surface area contributed by atoms with Gasteiger partial charge >= 0.3 is 0 Å². The number of pyridine rings is 1. The van der Waals surface area contributed by atoms with E-state index < -0.39 is 0 Å². The fraction of sp³-hybridized carbons (Fsp3) is 0.200. The molecule has 0 fully saturated rings. The number of amides is 1. The normalized spacial score (nSPS) is 10.5. The summed E-state index contributed by atoms with van der Waals surface area (Å²) in [5.41, 5.74) is 3.61. The van der Waals surface area contributed by atoms with E-state index in [0.717, 1.165) is 17.9 Å². The van der Waals surface area contributed by atoms with Crippen LogP contribution in [-0.4, -0.2) is 17.4 Å². The third-order valence-corrected chi connectivity index (χ3v) is 3.92. The van der Waals surface area contributed by atoms with Crippen LogP contribution in [0.15, 0.2) is 65.4 Å². The average Bonchev–Trinajstić information content (AvgIpc) is 3.14. The molecule has 0 aliphatic carbocycles. The Morgan fingerprint density at radius 3 is 2.72 bits per heavy atom. The monoisotopic (exact) mass is 335 g/mol. The molecule has 0 saturated carbocycles. The second-order valence-corrected chi connectivity index (χ2v) is 5.74. The molecule has 1 aromatic carbocycles. The zero-order valence-electron chi connectivity index (χ0n) is 14.4. The first kappa shape index (κ1) is 16.8. The van der Waals surface area contributed by atoms with Gasteiger partial charge < -0.3 is 14.6 Å². The predicted octanol–water partition coefficient (Wildman–Crippen LogP) is 4.07. The SMILES string of the molecule is CCN(c1cccc(C)c1)c1ccnc(C(=O)NCc2ccco2)c1. The van der Waals surface area contributed by atoms with Gasteiger partial charge in [-0.3, -0.25) is 9.78 Å². The highest BCUT2D eigenvalue weighted by Crippen LogP contribution is 2.25. The van der Waals surface area contributed by atoms with Crippen LogP contribution in [0.5, 0.6) is 0 Å². The maximum Gasteiger partial charge on any atom is 0.270 e. The third kappa shape index (κ3) is 4.07. The molecule has 128 valence electrons. The molecule has 25 heavy (non-hydrogen) atoms. The van der Waals surface area contributed by atoms with Crippen molar-refractivity contribution in [1.82, 2.24) is 10.3 Å². The van der Waals surface area contributed by atoms with E-state index in [1.54, 1.807) is 18.5 Å². The molecule has 1 N–H and O–H groups in total. The molecule has 5 nitrogen and oxygen atoms in total. The molecule has 3 aromatic rings. The average molecular weight is 335 g/mol. The van der Waals surface area contributed by atoms with E-state index in [4.69, 9.17) is 4.42 Å². The van der Waals surface area contributed by atoms with Gasteiger partial charge in [-0.1, -0.05) is 12.1 Å². The molecule has 0 aliphatic rings. The number of aryl methyl sites for hydroxylation is 1. The Hall–Kier alpha value is -3.08. The zero-order valence-corrected chi connectivity index (χ0v) is 14.4. The van der Waals surface area contributed by atoms with E-state index >= 15 is 0 Å². The summed E-state index contributed by atoms with van der Waals surface area (Å²) in [5, 5.41) is 2.82. The Morgan fingerprint density at radius 1 is 1.16 bits per heavy atom. The van der Waals surface area contributed by atoms with E-state index in [1.165, 1.54) is 5.56 Å². The highest BCUT2D eigenvalue weighted by Gasteiger charge is 2.12. The van der Waals surface area contributed by atoms with Crippen LogP contribution in [0, 0.1) is 6.92 Å². The number of carbonyl (C=O) groups is 1. The summed E-state index contributed by atoms with van der Waals surface area (Å²) in [6, 6.07) is 15.6. The number of benzene rings is 1. The van der Waals surface area contributed by atoms with Crippen LogP contribution in [0.1, 0.15) is 28.7 Å². The molecular weight excluding hydrogens is 314 g/mol. The van der Waals surface area contributed by atoms with Gasteiger partial charge in [-0.25, -0.2) is 0 Å². The number of carbonyl (C=O) groups excluding carboxylic acids is 1. The van der Waals surface area contributed by atoms with Crippen molar-refractivity contribution < 1.29 is 9.21 Å². The molecule has 0 bridgehead atoms. The molecular formula is C20H21N3O2. The minimum atomic E-state index is -0.224. The number of aromatic nitrogens is 1. The van der Waals surface area contributed by atoms with Gasteiger partial charge in [0.1, 0.15) is 11.5 Å². The van der Waals surface area contributed by atoms with E-state index in [-0.39, 0.29) is 5.91 Å². The molecule has 2 aromatic heterocycles. The number of nitrogens with one attached hydrogen (secondary N) is 1. The van der Waals surface area contributed by atoms with Crippen molar-refractivity contribution in [2.75, 3.05) is 11.4 Å². The smallest absolute Gasteiger partial charge is 0.270 e. The van der Waals surface area contributed by atoms with Crippen LogP contribution >= 0.6 is 0 Å². The van der Waals surface area contributed by atoms with E-state index in [9.17, 15) is 4.79 Å². The molecule has 0 spiro atoms. The molecule has 2 heterocycles. The van der Waals surface area contributed by atoms with Gasteiger partial charge in [0.2, 0.25) is 0 Å². The first-order chi connectivity index (χ1) is 12.2. The fourth-order valence-corrected chi connectivity index (χ4v) is 2.69. The number of anilines is 2. The van der Waals surface area contributed by atoms with Crippen molar-refractivity contribution in [2.24, 2.45) is 0 Å². The minimum absolute atomic E-state index is 0.224. The summed E-state index contributed by atoms with van der Waals surface area (Å²) in [6.07, 6.45) is 3.25. The number of hydrogen-bond acceptors (Lipinski definition) is 4. The standard InChI is InChI=1S/C20H21N3O2/c1-3-23(16-7-4-6-15(2)12-16)17-9-10-21-19(13-17)20(24)22-14-18-8-5-11-25-18/h4-13H,3,14H2,1-2H3,(H,22,24). The Labute approximate surface area is 147 Å².